The number of amides is 1. The first-order chi connectivity index (χ1) is 12.5. The topological polar surface area (TPSA) is 111 Å². The molecular weight excluding hydrogens is 363 g/mol. The molecule has 0 saturated heterocycles. The highest BCUT2D eigenvalue weighted by Crippen LogP contribution is 2.30. The van der Waals surface area contributed by atoms with Gasteiger partial charge >= 0.3 is 0 Å². The fraction of sp³-hybridized carbons (Fsp3) is 0.0625. The molecular formula is C16H11FN4O4S. The van der Waals surface area contributed by atoms with E-state index in [0.717, 1.165) is 11.8 Å². The molecule has 26 heavy (non-hydrogen) atoms. The number of nitrogens with zero attached hydrogens (tertiary/aromatic N) is 3. The Hall–Kier alpha value is -3.27. The van der Waals surface area contributed by atoms with Crippen molar-refractivity contribution in [2.75, 3.05) is 11.1 Å². The average Bonchev–Trinajstić information content (AvgIpc) is 3.09. The first-order valence-electron chi connectivity index (χ1n) is 7.28. The number of thioether (sulfide) groups is 1. The van der Waals surface area contributed by atoms with Gasteiger partial charge in [-0.3, -0.25) is 14.9 Å². The standard InChI is InChI=1S/C16H11FN4O4S/c17-10-4-3-5-11(8-10)18-14(22)9-26-16-20-19-15(25-16)12-6-1-2-7-13(12)21(23)24/h1-8H,9H2,(H,18,22). The summed E-state index contributed by atoms with van der Waals surface area (Å²) in [5.74, 6) is -0.896. The van der Waals surface area contributed by atoms with Crippen LogP contribution >= 0.6 is 11.8 Å². The Morgan fingerprint density at radius 3 is 2.81 bits per heavy atom. The summed E-state index contributed by atoms with van der Waals surface area (Å²) in [5, 5.41) is 21.2. The fourth-order valence-corrected chi connectivity index (χ4v) is 2.64. The Morgan fingerprint density at radius 1 is 1.23 bits per heavy atom. The molecule has 0 spiro atoms. The van der Waals surface area contributed by atoms with E-state index in [1.807, 2.05) is 0 Å². The third kappa shape index (κ3) is 4.22. The number of benzene rings is 2. The molecule has 1 N–H and O–H groups in total. The van der Waals surface area contributed by atoms with Crippen LogP contribution in [0.1, 0.15) is 0 Å². The molecule has 0 atom stereocenters. The van der Waals surface area contributed by atoms with E-state index in [0.29, 0.717) is 5.69 Å². The summed E-state index contributed by atoms with van der Waals surface area (Å²) in [4.78, 5) is 22.4. The van der Waals surface area contributed by atoms with Gasteiger partial charge in [-0.25, -0.2) is 4.39 Å². The first kappa shape index (κ1) is 17.5. The van der Waals surface area contributed by atoms with Crippen LogP contribution in [0.4, 0.5) is 15.8 Å². The number of halogens is 1. The summed E-state index contributed by atoms with van der Waals surface area (Å²) in [5.41, 5.74) is 0.374. The molecule has 0 saturated carbocycles. The molecule has 3 rings (SSSR count). The van der Waals surface area contributed by atoms with Gasteiger partial charge in [0.15, 0.2) is 0 Å². The van der Waals surface area contributed by atoms with Gasteiger partial charge in [0.25, 0.3) is 16.8 Å². The third-order valence-corrected chi connectivity index (χ3v) is 3.99. The maximum Gasteiger partial charge on any atom is 0.282 e. The summed E-state index contributed by atoms with van der Waals surface area (Å²) in [6.45, 7) is 0. The van der Waals surface area contributed by atoms with Crippen LogP contribution in [0.3, 0.4) is 0 Å². The minimum Gasteiger partial charge on any atom is -0.411 e. The maximum absolute atomic E-state index is 13.1. The van der Waals surface area contributed by atoms with E-state index in [9.17, 15) is 19.3 Å². The quantitative estimate of drug-likeness (QED) is 0.399. The van der Waals surface area contributed by atoms with Crippen molar-refractivity contribution in [2.45, 2.75) is 5.22 Å². The smallest absolute Gasteiger partial charge is 0.282 e. The summed E-state index contributed by atoms with van der Waals surface area (Å²) >= 11 is 0.966. The van der Waals surface area contributed by atoms with Gasteiger partial charge in [0.1, 0.15) is 11.4 Å². The van der Waals surface area contributed by atoms with Crippen molar-refractivity contribution in [3.63, 3.8) is 0 Å². The van der Waals surface area contributed by atoms with E-state index in [1.54, 1.807) is 12.1 Å². The summed E-state index contributed by atoms with van der Waals surface area (Å²) in [6.07, 6.45) is 0. The minimum absolute atomic E-state index is 0.00895. The van der Waals surface area contributed by atoms with Gasteiger partial charge in [-0.05, 0) is 24.3 Å². The zero-order valence-corrected chi connectivity index (χ0v) is 13.9. The van der Waals surface area contributed by atoms with Gasteiger partial charge in [0.05, 0.1) is 10.7 Å². The highest BCUT2D eigenvalue weighted by Gasteiger charge is 2.20. The van der Waals surface area contributed by atoms with Gasteiger partial charge in [-0.2, -0.15) is 0 Å². The number of nitro benzene ring substituents is 1. The lowest BCUT2D eigenvalue weighted by molar-refractivity contribution is -0.384. The Bertz CT molecular complexity index is 963. The monoisotopic (exact) mass is 374 g/mol. The van der Waals surface area contributed by atoms with E-state index in [-0.39, 0.29) is 34.0 Å². The number of hydrogen-bond donors (Lipinski definition) is 1. The van der Waals surface area contributed by atoms with Crippen LogP contribution in [-0.4, -0.2) is 26.8 Å². The van der Waals surface area contributed by atoms with Gasteiger partial charge in [0, 0.05) is 11.8 Å². The number of para-hydroxylation sites is 1. The second kappa shape index (κ2) is 7.74. The van der Waals surface area contributed by atoms with Crippen LogP contribution in [-0.2, 0) is 4.79 Å². The Morgan fingerprint density at radius 2 is 2.04 bits per heavy atom. The molecule has 0 bridgehead atoms. The molecule has 0 aliphatic carbocycles. The Labute approximate surface area is 150 Å². The lowest BCUT2D eigenvalue weighted by Gasteiger charge is -2.03. The molecule has 0 unspecified atom stereocenters. The molecule has 0 fully saturated rings. The lowest BCUT2D eigenvalue weighted by Crippen LogP contribution is -2.14. The summed E-state index contributed by atoms with van der Waals surface area (Å²) in [6, 6.07) is 11.5. The third-order valence-electron chi connectivity index (χ3n) is 3.17. The molecule has 132 valence electrons. The number of nitrogens with one attached hydrogen (secondary N) is 1. The number of carbonyl (C=O) groups is 1. The maximum atomic E-state index is 13.1. The highest BCUT2D eigenvalue weighted by molar-refractivity contribution is 7.99. The van der Waals surface area contributed by atoms with Crippen molar-refractivity contribution in [2.24, 2.45) is 0 Å². The molecule has 3 aromatic rings. The molecule has 1 aromatic heterocycles. The van der Waals surface area contributed by atoms with E-state index in [2.05, 4.69) is 15.5 Å². The number of anilines is 1. The van der Waals surface area contributed by atoms with Crippen LogP contribution in [0, 0.1) is 15.9 Å². The Balaban J connectivity index is 1.64. The molecule has 1 heterocycles. The number of nitro groups is 1. The van der Waals surface area contributed by atoms with Crippen molar-refractivity contribution in [1.82, 2.24) is 10.2 Å². The fourth-order valence-electron chi connectivity index (χ4n) is 2.08. The molecule has 0 radical (unpaired) electrons. The summed E-state index contributed by atoms with van der Waals surface area (Å²) < 4.78 is 18.5. The molecule has 0 aliphatic heterocycles. The van der Waals surface area contributed by atoms with E-state index in [4.69, 9.17) is 4.42 Å². The largest absolute Gasteiger partial charge is 0.411 e. The van der Waals surface area contributed by atoms with Gasteiger partial charge < -0.3 is 9.73 Å². The normalized spacial score (nSPS) is 10.5. The molecule has 8 nitrogen and oxygen atoms in total. The predicted molar refractivity (Wildman–Crippen MR) is 92.1 cm³/mol. The van der Waals surface area contributed by atoms with E-state index in [1.165, 1.54) is 36.4 Å². The van der Waals surface area contributed by atoms with Crippen LogP contribution in [0.15, 0.2) is 58.2 Å². The van der Waals surface area contributed by atoms with E-state index >= 15 is 0 Å². The Kier molecular flexibility index (Phi) is 5.23. The SMILES string of the molecule is O=C(CSc1nnc(-c2ccccc2[N+](=O)[O-])o1)Nc1cccc(F)c1. The zero-order chi connectivity index (χ0) is 18.5. The second-order valence-corrected chi connectivity index (χ2v) is 5.92. The summed E-state index contributed by atoms with van der Waals surface area (Å²) in [7, 11) is 0. The predicted octanol–water partition coefficient (Wildman–Crippen LogP) is 3.51. The average molecular weight is 374 g/mol. The van der Waals surface area contributed by atoms with Gasteiger partial charge in [-0.1, -0.05) is 30.0 Å². The van der Waals surface area contributed by atoms with Crippen molar-refractivity contribution < 1.29 is 18.5 Å². The van der Waals surface area contributed by atoms with Crippen molar-refractivity contribution in [3.8, 4) is 11.5 Å². The van der Waals surface area contributed by atoms with Gasteiger partial charge in [-0.15, -0.1) is 10.2 Å². The highest BCUT2D eigenvalue weighted by atomic mass is 32.2. The number of aromatic nitrogens is 2. The first-order valence-corrected chi connectivity index (χ1v) is 8.27. The van der Waals surface area contributed by atoms with Crippen LogP contribution < -0.4 is 5.32 Å². The second-order valence-electron chi connectivity index (χ2n) is 4.99. The van der Waals surface area contributed by atoms with Crippen molar-refractivity contribution in [1.29, 1.82) is 0 Å². The van der Waals surface area contributed by atoms with E-state index < -0.39 is 10.7 Å². The number of hydrogen-bond acceptors (Lipinski definition) is 7. The molecule has 10 heteroatoms. The molecule has 0 aliphatic rings. The zero-order valence-electron chi connectivity index (χ0n) is 13.1. The van der Waals surface area contributed by atoms with Crippen LogP contribution in [0.2, 0.25) is 0 Å². The number of rotatable bonds is 6. The van der Waals surface area contributed by atoms with Crippen LogP contribution in [0.25, 0.3) is 11.5 Å². The lowest BCUT2D eigenvalue weighted by atomic mass is 10.2. The van der Waals surface area contributed by atoms with Crippen molar-refractivity contribution >= 4 is 29.0 Å². The molecule has 2 aromatic carbocycles. The van der Waals surface area contributed by atoms with Crippen molar-refractivity contribution in [3.05, 3.63) is 64.5 Å². The minimum atomic E-state index is -0.543. The molecule has 1 amide bonds. The van der Waals surface area contributed by atoms with Gasteiger partial charge in [0.2, 0.25) is 5.91 Å². The van der Waals surface area contributed by atoms with Crippen LogP contribution in [0.5, 0.6) is 0 Å². The number of carbonyl (C=O) groups excluding carboxylic acids is 1.